The van der Waals surface area contributed by atoms with Gasteiger partial charge in [0, 0.05) is 11.4 Å². The van der Waals surface area contributed by atoms with Crippen molar-refractivity contribution in [3.63, 3.8) is 0 Å². The molecule has 0 saturated carbocycles. The molecule has 2 rings (SSSR count). The molecule has 25 heavy (non-hydrogen) atoms. The molecule has 1 aromatic heterocycles. The van der Waals surface area contributed by atoms with E-state index in [0.29, 0.717) is 11.4 Å². The zero-order valence-corrected chi connectivity index (χ0v) is 15.9. The second kappa shape index (κ2) is 7.85. The average molecular weight is 389 g/mol. The van der Waals surface area contributed by atoms with Crippen LogP contribution in [0.4, 0.5) is 11.4 Å². The van der Waals surface area contributed by atoms with E-state index in [0.717, 1.165) is 5.56 Å². The van der Waals surface area contributed by atoms with Crippen LogP contribution in [0.1, 0.15) is 23.9 Å². The SMILES string of the molecule is Cc1ccc(N)cc1NC(=O)C(C)NS(=O)(=O)c1c(C)noc1C.Cl. The van der Waals surface area contributed by atoms with E-state index in [4.69, 9.17) is 10.3 Å². The van der Waals surface area contributed by atoms with Crippen molar-refractivity contribution in [2.75, 3.05) is 11.1 Å². The van der Waals surface area contributed by atoms with Gasteiger partial charge in [0.1, 0.15) is 10.6 Å². The van der Waals surface area contributed by atoms with Gasteiger partial charge in [0.25, 0.3) is 0 Å². The van der Waals surface area contributed by atoms with E-state index in [1.54, 1.807) is 18.2 Å². The Balaban J connectivity index is 0.00000312. The maximum Gasteiger partial charge on any atom is 0.246 e. The van der Waals surface area contributed by atoms with Crippen molar-refractivity contribution >= 4 is 39.7 Å². The summed E-state index contributed by atoms with van der Waals surface area (Å²) in [4.78, 5) is 12.2. The molecule has 0 bridgehead atoms. The van der Waals surface area contributed by atoms with E-state index >= 15 is 0 Å². The molecule has 0 fully saturated rings. The van der Waals surface area contributed by atoms with Crippen LogP contribution < -0.4 is 15.8 Å². The Morgan fingerprint density at radius 1 is 1.28 bits per heavy atom. The fraction of sp³-hybridized carbons (Fsp3) is 0.333. The molecule has 10 heteroatoms. The van der Waals surface area contributed by atoms with Gasteiger partial charge in [0.15, 0.2) is 5.76 Å². The summed E-state index contributed by atoms with van der Waals surface area (Å²) in [5.74, 6) is -0.335. The van der Waals surface area contributed by atoms with Crippen LogP contribution in [0.25, 0.3) is 0 Å². The third-order valence-corrected chi connectivity index (χ3v) is 5.27. The first-order valence-corrected chi connectivity index (χ1v) is 8.72. The number of carbonyl (C=O) groups is 1. The smallest absolute Gasteiger partial charge is 0.246 e. The summed E-state index contributed by atoms with van der Waals surface area (Å²) in [6.07, 6.45) is 0. The minimum atomic E-state index is -3.92. The van der Waals surface area contributed by atoms with Crippen molar-refractivity contribution in [2.24, 2.45) is 0 Å². The van der Waals surface area contributed by atoms with Crippen molar-refractivity contribution in [1.82, 2.24) is 9.88 Å². The first-order chi connectivity index (χ1) is 11.1. The van der Waals surface area contributed by atoms with E-state index in [9.17, 15) is 13.2 Å². The highest BCUT2D eigenvalue weighted by Gasteiger charge is 2.28. The van der Waals surface area contributed by atoms with Crippen molar-refractivity contribution in [3.05, 3.63) is 35.2 Å². The molecular weight excluding hydrogens is 368 g/mol. The minimum Gasteiger partial charge on any atom is -0.399 e. The third-order valence-electron chi connectivity index (χ3n) is 3.48. The number of rotatable bonds is 5. The number of benzene rings is 1. The monoisotopic (exact) mass is 388 g/mol. The molecule has 1 amide bonds. The summed E-state index contributed by atoms with van der Waals surface area (Å²) < 4.78 is 32.0. The lowest BCUT2D eigenvalue weighted by atomic mass is 10.1. The minimum absolute atomic E-state index is 0. The predicted molar refractivity (Wildman–Crippen MR) is 97.2 cm³/mol. The van der Waals surface area contributed by atoms with Crippen LogP contribution >= 0.6 is 12.4 Å². The third kappa shape index (κ3) is 4.71. The van der Waals surface area contributed by atoms with Gasteiger partial charge >= 0.3 is 0 Å². The lowest BCUT2D eigenvalue weighted by molar-refractivity contribution is -0.117. The number of nitrogens with one attached hydrogen (secondary N) is 2. The lowest BCUT2D eigenvalue weighted by Crippen LogP contribution is -2.41. The molecule has 1 heterocycles. The summed E-state index contributed by atoms with van der Waals surface area (Å²) in [5, 5.41) is 6.28. The molecule has 8 nitrogen and oxygen atoms in total. The normalized spacial score (nSPS) is 12.3. The molecule has 1 atom stereocenters. The first-order valence-electron chi connectivity index (χ1n) is 7.24. The van der Waals surface area contributed by atoms with Gasteiger partial charge in [-0.3, -0.25) is 4.79 Å². The van der Waals surface area contributed by atoms with Gasteiger partial charge in [0.05, 0.1) is 6.04 Å². The zero-order valence-electron chi connectivity index (χ0n) is 14.3. The number of nitrogens with two attached hydrogens (primary N) is 1. The molecule has 0 aliphatic heterocycles. The predicted octanol–water partition coefficient (Wildman–Crippen LogP) is 1.91. The summed E-state index contributed by atoms with van der Waals surface area (Å²) in [6, 6.07) is 4.10. The van der Waals surface area contributed by atoms with Crippen molar-refractivity contribution < 1.29 is 17.7 Å². The number of nitrogens with zero attached hydrogens (tertiary/aromatic N) is 1. The van der Waals surface area contributed by atoms with Gasteiger partial charge in [-0.25, -0.2) is 8.42 Å². The highest BCUT2D eigenvalue weighted by molar-refractivity contribution is 7.89. The number of aryl methyl sites for hydroxylation is 3. The molecule has 1 aromatic carbocycles. The topological polar surface area (TPSA) is 127 Å². The zero-order chi connectivity index (χ0) is 18.1. The Morgan fingerprint density at radius 3 is 2.48 bits per heavy atom. The number of nitrogen functional groups attached to an aromatic ring is 1. The fourth-order valence-corrected chi connectivity index (χ4v) is 3.75. The largest absolute Gasteiger partial charge is 0.399 e. The quantitative estimate of drug-likeness (QED) is 0.671. The molecule has 4 N–H and O–H groups in total. The number of carbonyl (C=O) groups excluding carboxylic acids is 1. The van der Waals surface area contributed by atoms with Crippen LogP contribution in [0.15, 0.2) is 27.6 Å². The number of anilines is 2. The molecule has 0 aliphatic carbocycles. The Labute approximate surface area is 152 Å². The molecule has 0 saturated heterocycles. The Morgan fingerprint density at radius 2 is 1.92 bits per heavy atom. The first kappa shape index (κ1) is 20.9. The highest BCUT2D eigenvalue weighted by Crippen LogP contribution is 2.20. The summed E-state index contributed by atoms with van der Waals surface area (Å²) in [5.41, 5.74) is 7.78. The Kier molecular flexibility index (Phi) is 6.58. The second-order valence-corrected chi connectivity index (χ2v) is 7.21. The van der Waals surface area contributed by atoms with Crippen molar-refractivity contribution in [3.8, 4) is 0 Å². The number of sulfonamides is 1. The van der Waals surface area contributed by atoms with Gasteiger partial charge in [-0.1, -0.05) is 11.2 Å². The van der Waals surface area contributed by atoms with Crippen LogP contribution in [-0.2, 0) is 14.8 Å². The summed E-state index contributed by atoms with van der Waals surface area (Å²) in [6.45, 7) is 6.28. The second-order valence-electron chi connectivity index (χ2n) is 5.56. The maximum atomic E-state index is 12.4. The van der Waals surface area contributed by atoms with Crippen LogP contribution in [0.3, 0.4) is 0 Å². The van der Waals surface area contributed by atoms with Gasteiger partial charge in [0.2, 0.25) is 15.9 Å². The Bertz CT molecular complexity index is 860. The average Bonchev–Trinajstić information content (AvgIpc) is 2.82. The molecule has 1 unspecified atom stereocenters. The fourth-order valence-electron chi connectivity index (χ4n) is 2.22. The molecule has 138 valence electrons. The van der Waals surface area contributed by atoms with Gasteiger partial charge in [-0.15, -0.1) is 12.4 Å². The number of hydrogen-bond donors (Lipinski definition) is 3. The summed E-state index contributed by atoms with van der Waals surface area (Å²) >= 11 is 0. The molecule has 0 spiro atoms. The molecule has 0 radical (unpaired) electrons. The van der Waals surface area contributed by atoms with Crippen LogP contribution in [0.5, 0.6) is 0 Å². The standard InChI is InChI=1S/C15H20N4O4S.ClH/c1-8-5-6-12(16)7-13(8)17-15(20)10(3)19-24(21,22)14-9(2)18-23-11(14)4;/h5-7,10,19H,16H2,1-4H3,(H,17,20);1H. The van der Waals surface area contributed by atoms with E-state index < -0.39 is 22.0 Å². The highest BCUT2D eigenvalue weighted by atomic mass is 35.5. The van der Waals surface area contributed by atoms with E-state index in [1.807, 2.05) is 6.92 Å². The van der Waals surface area contributed by atoms with Crippen molar-refractivity contribution in [2.45, 2.75) is 38.6 Å². The molecule has 2 aromatic rings. The van der Waals surface area contributed by atoms with Gasteiger partial charge < -0.3 is 15.6 Å². The molecular formula is C15H21ClN4O4S. The van der Waals surface area contributed by atoms with Gasteiger partial charge in [-0.05, 0) is 45.4 Å². The number of aromatic nitrogens is 1. The molecule has 0 aliphatic rings. The number of hydrogen-bond acceptors (Lipinski definition) is 6. The van der Waals surface area contributed by atoms with Crippen LogP contribution in [0, 0.1) is 20.8 Å². The van der Waals surface area contributed by atoms with Crippen LogP contribution in [0.2, 0.25) is 0 Å². The van der Waals surface area contributed by atoms with Crippen LogP contribution in [-0.4, -0.2) is 25.5 Å². The van der Waals surface area contributed by atoms with E-state index in [1.165, 1.54) is 20.8 Å². The lowest BCUT2D eigenvalue weighted by Gasteiger charge is -2.15. The number of halogens is 1. The maximum absolute atomic E-state index is 12.4. The van der Waals surface area contributed by atoms with E-state index in [-0.39, 0.29) is 28.8 Å². The number of amides is 1. The van der Waals surface area contributed by atoms with Gasteiger partial charge in [-0.2, -0.15) is 4.72 Å². The van der Waals surface area contributed by atoms with E-state index in [2.05, 4.69) is 15.2 Å². The Hall–Kier alpha value is -2.10. The summed E-state index contributed by atoms with van der Waals surface area (Å²) in [7, 11) is -3.92. The van der Waals surface area contributed by atoms with Crippen molar-refractivity contribution in [1.29, 1.82) is 0 Å².